The Kier molecular flexibility index (Phi) is 19.4. The molecule has 6 aliphatic heterocycles. The maximum absolute atomic E-state index is 11.4. The molecule has 0 aromatic carbocycles. The van der Waals surface area contributed by atoms with Gasteiger partial charge in [-0.2, -0.15) is 0 Å². The summed E-state index contributed by atoms with van der Waals surface area (Å²) in [6, 6.07) is 0. The number of ether oxygens (including phenoxy) is 11. The van der Waals surface area contributed by atoms with Gasteiger partial charge in [-0.15, -0.1) is 0 Å². The van der Waals surface area contributed by atoms with Gasteiger partial charge in [-0.25, -0.2) is 0 Å². The molecule has 0 aromatic heterocycles. The molecule has 20 N–H and O–H groups in total. The number of aliphatic hydroxyl groups excluding tert-OH is 20. The van der Waals surface area contributed by atoms with Gasteiger partial charge in [0.25, 0.3) is 0 Å². The highest BCUT2D eigenvalue weighted by atomic mass is 16.8. The summed E-state index contributed by atoms with van der Waals surface area (Å²) in [7, 11) is 0. The summed E-state index contributed by atoms with van der Waals surface area (Å²) in [5, 5.41) is 210. The molecule has 0 amide bonds. The molecule has 6 saturated heterocycles. The minimum absolute atomic E-state index is 0.832. The third-order valence-corrected chi connectivity index (χ3v) is 12.4. The molecular weight excluding hydrogens is 928 g/mol. The lowest BCUT2D eigenvalue weighted by atomic mass is 9.95. The minimum Gasteiger partial charge on any atom is -0.394 e. The van der Waals surface area contributed by atoms with E-state index >= 15 is 0 Å². The van der Waals surface area contributed by atoms with Crippen LogP contribution in [0.1, 0.15) is 0 Å². The van der Waals surface area contributed by atoms with Crippen molar-refractivity contribution >= 4 is 0 Å². The zero-order chi connectivity index (χ0) is 49.3. The Bertz CT molecular complexity index is 1500. The first-order chi connectivity index (χ1) is 31.8. The van der Waals surface area contributed by atoms with Crippen LogP contribution < -0.4 is 0 Å². The molecule has 0 radical (unpaired) electrons. The first kappa shape index (κ1) is 55.1. The summed E-state index contributed by atoms with van der Waals surface area (Å²) < 4.78 is 60.3. The molecule has 6 heterocycles. The van der Waals surface area contributed by atoms with Gasteiger partial charge >= 0.3 is 0 Å². The van der Waals surface area contributed by atoms with Crippen molar-refractivity contribution in [2.45, 2.75) is 184 Å². The first-order valence-electron chi connectivity index (χ1n) is 21.1. The minimum atomic E-state index is -2.19. The predicted octanol–water partition coefficient (Wildman–Crippen LogP) is -14.1. The molecule has 0 aromatic rings. The predicted molar refractivity (Wildman–Crippen MR) is 199 cm³/mol. The molecule has 0 saturated carbocycles. The Morgan fingerprint density at radius 3 is 0.821 bits per heavy atom. The second-order valence-corrected chi connectivity index (χ2v) is 16.8. The van der Waals surface area contributed by atoms with Crippen molar-refractivity contribution in [1.82, 2.24) is 0 Å². The van der Waals surface area contributed by atoms with Crippen molar-refractivity contribution < 1.29 is 154 Å². The van der Waals surface area contributed by atoms with Crippen LogP contribution in [0.4, 0.5) is 0 Å². The van der Waals surface area contributed by atoms with Crippen molar-refractivity contribution in [3.63, 3.8) is 0 Å². The van der Waals surface area contributed by atoms with Gasteiger partial charge in [-0.05, 0) is 0 Å². The highest BCUT2D eigenvalue weighted by Crippen LogP contribution is 2.36. The smallest absolute Gasteiger partial charge is 0.187 e. The lowest BCUT2D eigenvalue weighted by molar-refractivity contribution is -0.396. The fourth-order valence-electron chi connectivity index (χ4n) is 8.51. The highest BCUT2D eigenvalue weighted by molar-refractivity contribution is 5.00. The Balaban J connectivity index is 1.10. The first-order valence-corrected chi connectivity index (χ1v) is 21.1. The van der Waals surface area contributed by atoms with Crippen molar-refractivity contribution in [2.75, 3.05) is 39.6 Å². The van der Waals surface area contributed by atoms with Gasteiger partial charge in [-0.1, -0.05) is 0 Å². The number of aliphatic hydroxyl groups is 20. The second kappa shape index (κ2) is 23.5. The zero-order valence-electron chi connectivity index (χ0n) is 35.0. The van der Waals surface area contributed by atoms with Crippen molar-refractivity contribution in [1.29, 1.82) is 0 Å². The van der Waals surface area contributed by atoms with Gasteiger partial charge in [-0.3, -0.25) is 0 Å². The van der Waals surface area contributed by atoms with Crippen LogP contribution in [0.3, 0.4) is 0 Å². The summed E-state index contributed by atoms with van der Waals surface area (Å²) in [6.45, 7) is -5.69. The monoisotopic (exact) mass is 990 g/mol. The zero-order valence-corrected chi connectivity index (χ0v) is 35.0. The van der Waals surface area contributed by atoms with E-state index in [1.165, 1.54) is 0 Å². The van der Waals surface area contributed by atoms with Gasteiger partial charge in [0.2, 0.25) is 0 Å². The average molecular weight is 991 g/mol. The number of hydrogen-bond acceptors (Lipinski definition) is 31. The van der Waals surface area contributed by atoms with Crippen LogP contribution in [-0.2, 0) is 52.1 Å². The van der Waals surface area contributed by atoms with Crippen LogP contribution in [0.15, 0.2) is 0 Å². The SMILES string of the molecule is OC[C@H]1O[C@@H](O[C@H]2[C@H](O)[C@@H](O)[C@H](O[C@@H]3[C@@H](O)[C@H](O[C@H]4[C@H](O)[C@@H](O)[C@H](O[C@H]5[C@H](O)[C@@H](O)[C@H](O[C@@H]6[C@@H](O)[C@H](O)O[C@H](CO)[C@H]6O)O[C@@H]5CO)O[C@@H]4CO)O[C@H](CO)[C@H]3O)O[C@@H]2CO)[C@H](O)[C@@H](O)[C@@H]1O. The fraction of sp³-hybridized carbons (Fsp3) is 1.00. The number of rotatable bonds is 16. The molecule has 67 heavy (non-hydrogen) atoms. The molecule has 0 aliphatic carbocycles. The topological polar surface area (TPSA) is 506 Å². The second-order valence-electron chi connectivity index (χ2n) is 16.8. The maximum atomic E-state index is 11.4. The van der Waals surface area contributed by atoms with Crippen LogP contribution in [0.25, 0.3) is 0 Å². The van der Waals surface area contributed by atoms with Gasteiger partial charge in [0.1, 0.15) is 146 Å². The van der Waals surface area contributed by atoms with E-state index < -0.39 is 224 Å². The molecule has 30 atom stereocenters. The van der Waals surface area contributed by atoms with E-state index in [1.807, 2.05) is 0 Å². The van der Waals surface area contributed by atoms with E-state index in [9.17, 15) is 102 Å². The standard InChI is InChI=1S/C36H62O31/c37-1-7-13(43)16(46)20(50)32(58-7)63-26-10(4-40)62-35(23(53)19(26)49)67-30-15(45)9(3-39)59-36(25(30)55)65-28-12(6-42)60-33(21(51)17(28)47)64-27-11(5-41)61-34(22(52)18(27)48)66-29-14(44)8(2-38)57-31(56)24(29)54/h7-56H,1-6H2/t7-,8-,9-,10-,11-,12-,13-,14-,15-,16+,17-,18-,19-,20-,21-,22-,23-,24-,25-,26-,27-,28-,29+,30+,31-,32+,33+,34+,35+,36+/m1/s1. The molecule has 0 bridgehead atoms. The maximum Gasteiger partial charge on any atom is 0.187 e. The molecule has 6 rings (SSSR count). The Hall–Kier alpha value is -1.24. The molecule has 0 spiro atoms. The van der Waals surface area contributed by atoms with Gasteiger partial charge in [0, 0.05) is 0 Å². The van der Waals surface area contributed by atoms with E-state index in [2.05, 4.69) is 0 Å². The quantitative estimate of drug-likeness (QED) is 0.0683. The van der Waals surface area contributed by atoms with Gasteiger partial charge < -0.3 is 154 Å². The van der Waals surface area contributed by atoms with Crippen molar-refractivity contribution in [3.05, 3.63) is 0 Å². The van der Waals surface area contributed by atoms with Crippen LogP contribution >= 0.6 is 0 Å². The van der Waals surface area contributed by atoms with Crippen molar-refractivity contribution in [2.24, 2.45) is 0 Å². The summed E-state index contributed by atoms with van der Waals surface area (Å²) in [4.78, 5) is 0. The lowest BCUT2D eigenvalue weighted by Gasteiger charge is -2.50. The van der Waals surface area contributed by atoms with Crippen LogP contribution in [-0.4, -0.2) is 326 Å². The van der Waals surface area contributed by atoms with E-state index in [0.29, 0.717) is 0 Å². The third kappa shape index (κ3) is 11.2. The van der Waals surface area contributed by atoms with E-state index in [1.54, 1.807) is 0 Å². The molecule has 0 unspecified atom stereocenters. The lowest BCUT2D eigenvalue weighted by Crippen LogP contribution is -2.68. The normalized spacial score (nSPS) is 53.4. The summed E-state index contributed by atoms with van der Waals surface area (Å²) in [5.74, 6) is 0. The Morgan fingerprint density at radius 1 is 0.224 bits per heavy atom. The Morgan fingerprint density at radius 2 is 0.478 bits per heavy atom. The highest BCUT2D eigenvalue weighted by Gasteiger charge is 2.57. The molecule has 6 aliphatic rings. The van der Waals surface area contributed by atoms with Crippen molar-refractivity contribution in [3.8, 4) is 0 Å². The summed E-state index contributed by atoms with van der Waals surface area (Å²) in [5.41, 5.74) is 0. The van der Waals surface area contributed by atoms with Crippen LogP contribution in [0, 0.1) is 0 Å². The Labute approximate surface area is 378 Å². The van der Waals surface area contributed by atoms with Gasteiger partial charge in [0.05, 0.1) is 39.6 Å². The van der Waals surface area contributed by atoms with E-state index in [4.69, 9.17) is 52.1 Å². The molecule has 392 valence electrons. The van der Waals surface area contributed by atoms with Gasteiger partial charge in [0.15, 0.2) is 37.7 Å². The van der Waals surface area contributed by atoms with Crippen LogP contribution in [0.2, 0.25) is 0 Å². The number of hydrogen-bond donors (Lipinski definition) is 20. The molecule has 31 heteroatoms. The summed E-state index contributed by atoms with van der Waals surface area (Å²) >= 11 is 0. The molecule has 31 nitrogen and oxygen atoms in total. The van der Waals surface area contributed by atoms with E-state index in [-0.39, 0.29) is 0 Å². The van der Waals surface area contributed by atoms with Crippen LogP contribution in [0.5, 0.6) is 0 Å². The fourth-order valence-corrected chi connectivity index (χ4v) is 8.51. The molecular formula is C36H62O31. The largest absolute Gasteiger partial charge is 0.394 e. The van der Waals surface area contributed by atoms with E-state index in [0.717, 1.165) is 0 Å². The third-order valence-electron chi connectivity index (χ3n) is 12.4. The average Bonchev–Trinajstić information content (AvgIpc) is 3.32. The summed E-state index contributed by atoms with van der Waals surface area (Å²) in [6.07, 6.45) is -57.1. The molecule has 6 fully saturated rings.